The molecule has 0 heterocycles. The molecule has 0 aliphatic rings. The number of hydrogen-bond donors (Lipinski definition) is 1. The van der Waals surface area contributed by atoms with Crippen LogP contribution >= 0.6 is 0 Å². The lowest BCUT2D eigenvalue weighted by Crippen LogP contribution is -2.43. The summed E-state index contributed by atoms with van der Waals surface area (Å²) in [7, 11) is -4.68. The number of hydrogen-bond acceptors (Lipinski definition) is 2. The second-order valence-electron chi connectivity index (χ2n) is 2.52. The molecule has 0 saturated carbocycles. The van der Waals surface area contributed by atoms with Crippen molar-refractivity contribution < 1.29 is 12.6 Å². The normalized spacial score (nSPS) is 11.6. The molecule has 0 aromatic heterocycles. The largest absolute Gasteiger partial charge is 0.614 e. The highest BCUT2D eigenvalue weighted by Crippen LogP contribution is 2.08. The summed E-state index contributed by atoms with van der Waals surface area (Å²) in [6.45, 7) is 0.0313. The summed E-state index contributed by atoms with van der Waals surface area (Å²) in [6.07, 6.45) is 0. The van der Waals surface area contributed by atoms with Crippen LogP contribution in [0.1, 0.15) is 0 Å². The monoisotopic (exact) mass is 203 g/mol. The van der Waals surface area contributed by atoms with Crippen molar-refractivity contribution in [3.05, 3.63) is 30.3 Å². The third-order valence-electron chi connectivity index (χ3n) is 1.51. The van der Waals surface area contributed by atoms with Crippen molar-refractivity contribution in [2.75, 3.05) is 13.2 Å². The van der Waals surface area contributed by atoms with Crippen LogP contribution in [0.4, 0.5) is 8.22 Å². The van der Waals surface area contributed by atoms with E-state index < -0.39 is 8.99 Å². The zero-order valence-corrected chi connectivity index (χ0v) is 8.04. The van der Waals surface area contributed by atoms with Gasteiger partial charge >= 0.3 is 8.99 Å². The van der Waals surface area contributed by atoms with E-state index in [0.29, 0.717) is 0 Å². The van der Waals surface area contributed by atoms with Crippen LogP contribution in [-0.4, -0.2) is 22.1 Å². The zero-order chi connectivity index (χ0) is 9.73. The minimum absolute atomic E-state index is 0.0107. The predicted octanol–water partition coefficient (Wildman–Crippen LogP) is 0.747. The molecule has 1 aromatic carbocycles. The Hall–Kier alpha value is -0.783. The second kappa shape index (κ2) is 4.45. The van der Waals surface area contributed by atoms with Crippen LogP contribution in [-0.2, 0) is 4.43 Å². The Bertz CT molecular complexity index is 256. The molecule has 0 fully saturated rings. The Kier molecular flexibility index (Phi) is 3.53. The predicted molar refractivity (Wildman–Crippen MR) is 49.1 cm³/mol. The second-order valence-corrected chi connectivity index (χ2v) is 4.42. The maximum absolute atomic E-state index is 13.2. The van der Waals surface area contributed by atoms with Crippen molar-refractivity contribution in [3.63, 3.8) is 0 Å². The fraction of sp³-hybridized carbons (Fsp3) is 0.250. The fourth-order valence-corrected chi connectivity index (χ4v) is 2.02. The number of halogens is 2. The quantitative estimate of drug-likeness (QED) is 0.579. The van der Waals surface area contributed by atoms with E-state index in [2.05, 4.69) is 4.43 Å². The van der Waals surface area contributed by atoms with Crippen molar-refractivity contribution in [1.29, 1.82) is 0 Å². The lowest BCUT2D eigenvalue weighted by Gasteiger charge is -2.12. The lowest BCUT2D eigenvalue weighted by molar-refractivity contribution is 0.244. The smallest absolute Gasteiger partial charge is 0.363 e. The van der Waals surface area contributed by atoms with E-state index in [9.17, 15) is 8.22 Å². The van der Waals surface area contributed by atoms with E-state index in [-0.39, 0.29) is 18.3 Å². The average molecular weight is 203 g/mol. The van der Waals surface area contributed by atoms with Gasteiger partial charge in [0.1, 0.15) is 0 Å². The molecule has 0 saturated heterocycles. The molecule has 1 rings (SSSR count). The van der Waals surface area contributed by atoms with E-state index in [4.69, 9.17) is 5.73 Å². The van der Waals surface area contributed by atoms with Crippen molar-refractivity contribution in [3.8, 4) is 0 Å². The third-order valence-corrected chi connectivity index (χ3v) is 3.08. The molecule has 0 radical (unpaired) electrons. The number of rotatable bonds is 4. The molecule has 72 valence electrons. The van der Waals surface area contributed by atoms with Gasteiger partial charge in [-0.3, -0.25) is 0 Å². The van der Waals surface area contributed by atoms with Crippen molar-refractivity contribution in [1.82, 2.24) is 0 Å². The van der Waals surface area contributed by atoms with Crippen LogP contribution in [0.2, 0.25) is 0 Å². The highest BCUT2D eigenvalue weighted by Gasteiger charge is 2.40. The first-order valence-corrected chi connectivity index (χ1v) is 5.60. The maximum Gasteiger partial charge on any atom is 0.614 e. The molecule has 0 aliphatic carbocycles. The van der Waals surface area contributed by atoms with Gasteiger partial charge in [-0.05, 0) is 0 Å². The van der Waals surface area contributed by atoms with E-state index >= 15 is 0 Å². The average Bonchev–Trinajstić information content (AvgIpc) is 2.16. The summed E-state index contributed by atoms with van der Waals surface area (Å²) in [5.41, 5.74) is 5.08. The minimum Gasteiger partial charge on any atom is -0.363 e. The van der Waals surface area contributed by atoms with Gasteiger partial charge in [0, 0.05) is 11.7 Å². The standard InChI is InChI=1S/C8H11F2NOSi/c9-13(10,12-7-6-11)8-4-2-1-3-5-8/h1-5H,6-7,11H2. The van der Waals surface area contributed by atoms with Crippen molar-refractivity contribution in [2.24, 2.45) is 5.73 Å². The van der Waals surface area contributed by atoms with Gasteiger partial charge < -0.3 is 10.2 Å². The first-order chi connectivity index (χ1) is 6.17. The molecular weight excluding hydrogens is 192 g/mol. The molecule has 1 aromatic rings. The van der Waals surface area contributed by atoms with E-state index in [1.807, 2.05) is 0 Å². The van der Waals surface area contributed by atoms with Crippen LogP contribution < -0.4 is 10.9 Å². The molecule has 0 amide bonds. The SMILES string of the molecule is NCCO[Si](F)(F)c1ccccc1. The van der Waals surface area contributed by atoms with Crippen LogP contribution in [0.5, 0.6) is 0 Å². The van der Waals surface area contributed by atoms with Gasteiger partial charge in [-0.15, -0.1) is 0 Å². The van der Waals surface area contributed by atoms with E-state index in [1.165, 1.54) is 12.1 Å². The van der Waals surface area contributed by atoms with Gasteiger partial charge in [-0.2, -0.15) is 0 Å². The van der Waals surface area contributed by atoms with Gasteiger partial charge in [0.05, 0.1) is 6.61 Å². The first kappa shape index (κ1) is 10.3. The van der Waals surface area contributed by atoms with Crippen LogP contribution in [0.3, 0.4) is 0 Å². The Morgan fingerprint density at radius 2 is 1.85 bits per heavy atom. The third kappa shape index (κ3) is 2.87. The Morgan fingerprint density at radius 3 is 2.38 bits per heavy atom. The highest BCUT2D eigenvalue weighted by molar-refractivity contribution is 6.74. The molecular formula is C8H11F2NOSi. The van der Waals surface area contributed by atoms with Crippen LogP contribution in [0.15, 0.2) is 30.3 Å². The van der Waals surface area contributed by atoms with Gasteiger partial charge in [0.2, 0.25) is 0 Å². The molecule has 13 heavy (non-hydrogen) atoms. The summed E-state index contributed by atoms with van der Waals surface area (Å²) in [6, 6.07) is 7.59. The Morgan fingerprint density at radius 1 is 1.23 bits per heavy atom. The molecule has 2 nitrogen and oxygen atoms in total. The summed E-state index contributed by atoms with van der Waals surface area (Å²) >= 11 is 0. The molecule has 0 atom stereocenters. The van der Waals surface area contributed by atoms with Gasteiger partial charge in [0.15, 0.2) is 0 Å². The molecule has 0 aliphatic heterocycles. The number of nitrogens with two attached hydrogens (primary N) is 1. The topological polar surface area (TPSA) is 35.2 Å². The molecule has 2 N–H and O–H groups in total. The summed E-state index contributed by atoms with van der Waals surface area (Å²) < 4.78 is 30.9. The molecule has 0 spiro atoms. The van der Waals surface area contributed by atoms with E-state index in [1.54, 1.807) is 18.2 Å². The first-order valence-electron chi connectivity index (χ1n) is 3.94. The van der Waals surface area contributed by atoms with Crippen LogP contribution in [0.25, 0.3) is 0 Å². The molecule has 0 unspecified atom stereocenters. The van der Waals surface area contributed by atoms with Crippen molar-refractivity contribution in [2.45, 2.75) is 0 Å². The highest BCUT2D eigenvalue weighted by atomic mass is 28.4. The van der Waals surface area contributed by atoms with Gasteiger partial charge in [-0.1, -0.05) is 30.3 Å². The van der Waals surface area contributed by atoms with Gasteiger partial charge in [-0.25, -0.2) is 8.22 Å². The Labute approximate surface area is 76.8 Å². The molecule has 5 heteroatoms. The van der Waals surface area contributed by atoms with E-state index in [0.717, 1.165) is 0 Å². The summed E-state index contributed by atoms with van der Waals surface area (Å²) in [5, 5.41) is -0.0107. The fourth-order valence-electron chi connectivity index (χ4n) is 0.903. The van der Waals surface area contributed by atoms with Crippen molar-refractivity contribution >= 4 is 14.2 Å². The zero-order valence-electron chi connectivity index (χ0n) is 7.04. The maximum atomic E-state index is 13.2. The lowest BCUT2D eigenvalue weighted by atomic mass is 10.4. The van der Waals surface area contributed by atoms with Gasteiger partial charge in [0.25, 0.3) is 0 Å². The summed E-state index contributed by atoms with van der Waals surface area (Å²) in [5.74, 6) is 0. The minimum atomic E-state index is -4.68. The Balaban J connectivity index is 2.69. The number of benzene rings is 1. The van der Waals surface area contributed by atoms with Crippen LogP contribution in [0, 0.1) is 0 Å². The molecule has 0 bridgehead atoms. The summed E-state index contributed by atoms with van der Waals surface area (Å²) in [4.78, 5) is 0.